The molecule has 0 bridgehead atoms. The Morgan fingerprint density at radius 3 is 2.43 bits per heavy atom. The highest BCUT2D eigenvalue weighted by atomic mass is 19.1. The number of benzene rings is 2. The van der Waals surface area contributed by atoms with Crippen LogP contribution in [0.4, 0.5) is 14.5 Å². The van der Waals surface area contributed by atoms with Crippen LogP contribution < -0.4 is 10.5 Å². The molecule has 106 valence electrons. The Labute approximate surface area is 117 Å². The van der Waals surface area contributed by atoms with Gasteiger partial charge in [0.1, 0.15) is 17.1 Å². The second-order valence-corrected chi connectivity index (χ2v) is 4.00. The first kappa shape index (κ1) is 14.3. The van der Waals surface area contributed by atoms with Crippen molar-refractivity contribution in [2.75, 3.05) is 5.73 Å². The molecule has 0 saturated carbocycles. The first-order valence-corrected chi connectivity index (χ1v) is 5.62. The molecular weight excluding hydrogens is 282 g/mol. The van der Waals surface area contributed by atoms with Crippen LogP contribution >= 0.6 is 0 Å². The van der Waals surface area contributed by atoms with Gasteiger partial charge in [-0.25, -0.2) is 13.6 Å². The Kier molecular flexibility index (Phi) is 3.71. The van der Waals surface area contributed by atoms with Crippen LogP contribution in [0.5, 0.6) is 11.5 Å². The number of halogens is 2. The summed E-state index contributed by atoms with van der Waals surface area (Å²) in [5.41, 5.74) is 4.23. The molecule has 2 aromatic carbocycles. The fourth-order valence-electron chi connectivity index (χ4n) is 1.65. The fraction of sp³-hybridized carbons (Fsp3) is 0. The van der Waals surface area contributed by atoms with E-state index in [0.717, 1.165) is 18.2 Å². The molecule has 0 atom stereocenters. The number of hydrogen-bond donors (Lipinski definition) is 2. The molecule has 0 amide bonds. The lowest BCUT2D eigenvalue weighted by Crippen LogP contribution is -2.07. The smallest absolute Gasteiger partial charge is 0.341 e. The third-order valence-electron chi connectivity index (χ3n) is 2.65. The number of aromatic carboxylic acids is 1. The molecule has 0 aliphatic heterocycles. The van der Waals surface area contributed by atoms with Crippen LogP contribution in [0, 0.1) is 23.0 Å². The van der Waals surface area contributed by atoms with E-state index in [1.165, 1.54) is 12.1 Å². The molecule has 0 fully saturated rings. The van der Waals surface area contributed by atoms with E-state index in [-0.39, 0.29) is 17.1 Å². The SMILES string of the molecule is N#Cc1ccc(Oc2ccc(F)c(N)c2C(=O)O)c(F)c1. The van der Waals surface area contributed by atoms with Crippen molar-refractivity contribution >= 4 is 11.7 Å². The summed E-state index contributed by atoms with van der Waals surface area (Å²) in [6.07, 6.45) is 0. The van der Waals surface area contributed by atoms with Crippen LogP contribution in [-0.2, 0) is 0 Å². The van der Waals surface area contributed by atoms with Gasteiger partial charge in [0.05, 0.1) is 17.3 Å². The maximum Gasteiger partial charge on any atom is 0.341 e. The third-order valence-corrected chi connectivity index (χ3v) is 2.65. The van der Waals surface area contributed by atoms with Crippen molar-refractivity contribution in [1.82, 2.24) is 0 Å². The van der Waals surface area contributed by atoms with Gasteiger partial charge in [-0.05, 0) is 30.3 Å². The molecule has 0 spiro atoms. The number of anilines is 1. The van der Waals surface area contributed by atoms with Crippen molar-refractivity contribution in [2.45, 2.75) is 0 Å². The minimum absolute atomic E-state index is 0.0805. The largest absolute Gasteiger partial charge is 0.477 e. The topological polar surface area (TPSA) is 96.3 Å². The highest BCUT2D eigenvalue weighted by Gasteiger charge is 2.20. The van der Waals surface area contributed by atoms with Crippen molar-refractivity contribution in [3.05, 3.63) is 53.1 Å². The van der Waals surface area contributed by atoms with Gasteiger partial charge in [-0.3, -0.25) is 0 Å². The number of ether oxygens (including phenoxy) is 1. The zero-order valence-corrected chi connectivity index (χ0v) is 10.4. The number of nitriles is 1. The van der Waals surface area contributed by atoms with Gasteiger partial charge in [0, 0.05) is 0 Å². The first-order chi connectivity index (χ1) is 9.93. The lowest BCUT2D eigenvalue weighted by Gasteiger charge is -2.11. The zero-order chi connectivity index (χ0) is 15.6. The van der Waals surface area contributed by atoms with Gasteiger partial charge in [0.25, 0.3) is 0 Å². The number of carbonyl (C=O) groups is 1. The normalized spacial score (nSPS) is 9.95. The van der Waals surface area contributed by atoms with E-state index in [4.69, 9.17) is 20.8 Å². The molecule has 0 unspecified atom stereocenters. The molecule has 2 rings (SSSR count). The van der Waals surface area contributed by atoms with Crippen molar-refractivity contribution in [3.8, 4) is 17.6 Å². The molecule has 21 heavy (non-hydrogen) atoms. The number of nitrogens with two attached hydrogens (primary N) is 1. The molecule has 2 aromatic rings. The number of nitrogen functional groups attached to an aromatic ring is 1. The van der Waals surface area contributed by atoms with Crippen molar-refractivity contribution in [3.63, 3.8) is 0 Å². The second-order valence-electron chi connectivity index (χ2n) is 4.00. The van der Waals surface area contributed by atoms with E-state index in [9.17, 15) is 13.6 Å². The third kappa shape index (κ3) is 2.74. The van der Waals surface area contributed by atoms with Crippen molar-refractivity contribution in [2.24, 2.45) is 0 Å². The van der Waals surface area contributed by atoms with E-state index < -0.39 is 28.9 Å². The summed E-state index contributed by atoms with van der Waals surface area (Å²) >= 11 is 0. The molecule has 0 radical (unpaired) electrons. The zero-order valence-electron chi connectivity index (χ0n) is 10.4. The lowest BCUT2D eigenvalue weighted by molar-refractivity contribution is 0.0694. The number of rotatable bonds is 3. The van der Waals surface area contributed by atoms with E-state index >= 15 is 0 Å². The molecule has 0 aromatic heterocycles. The van der Waals surface area contributed by atoms with E-state index in [1.54, 1.807) is 6.07 Å². The highest BCUT2D eigenvalue weighted by Crippen LogP contribution is 2.32. The van der Waals surface area contributed by atoms with Gasteiger partial charge in [-0.2, -0.15) is 5.26 Å². The molecule has 0 aliphatic rings. The molecular formula is C14H8F2N2O3. The van der Waals surface area contributed by atoms with E-state index in [1.807, 2.05) is 0 Å². The first-order valence-electron chi connectivity index (χ1n) is 5.62. The van der Waals surface area contributed by atoms with Crippen molar-refractivity contribution in [1.29, 1.82) is 5.26 Å². The maximum absolute atomic E-state index is 13.7. The molecule has 3 N–H and O–H groups in total. The Morgan fingerprint density at radius 1 is 1.19 bits per heavy atom. The quantitative estimate of drug-likeness (QED) is 0.847. The van der Waals surface area contributed by atoms with Gasteiger partial charge >= 0.3 is 5.97 Å². The predicted octanol–water partition coefficient (Wildman–Crippen LogP) is 2.91. The Hall–Kier alpha value is -3.14. The fourth-order valence-corrected chi connectivity index (χ4v) is 1.65. The Morgan fingerprint density at radius 2 is 1.86 bits per heavy atom. The van der Waals surface area contributed by atoms with Crippen LogP contribution in [0.3, 0.4) is 0 Å². The number of hydrogen-bond acceptors (Lipinski definition) is 4. The minimum Gasteiger partial charge on any atom is -0.477 e. The Bertz CT molecular complexity index is 770. The highest BCUT2D eigenvalue weighted by molar-refractivity contribution is 5.97. The summed E-state index contributed by atoms with van der Waals surface area (Å²) in [7, 11) is 0. The number of carboxylic acids is 1. The molecule has 5 nitrogen and oxygen atoms in total. The van der Waals surface area contributed by atoms with E-state index in [0.29, 0.717) is 0 Å². The maximum atomic E-state index is 13.7. The standard InChI is InChI=1S/C14H8F2N2O3/c15-8-2-4-11(12(13(8)18)14(19)20)21-10-3-1-7(6-17)5-9(10)16/h1-5H,18H2,(H,19,20). The van der Waals surface area contributed by atoms with Gasteiger partial charge in [0.15, 0.2) is 11.6 Å². The van der Waals surface area contributed by atoms with Crippen LogP contribution in [0.15, 0.2) is 30.3 Å². The summed E-state index contributed by atoms with van der Waals surface area (Å²) in [6.45, 7) is 0. The molecule has 0 heterocycles. The minimum atomic E-state index is -1.50. The van der Waals surface area contributed by atoms with Gasteiger partial charge < -0.3 is 15.6 Å². The lowest BCUT2D eigenvalue weighted by atomic mass is 10.1. The van der Waals surface area contributed by atoms with Crippen LogP contribution in [0.1, 0.15) is 15.9 Å². The van der Waals surface area contributed by atoms with Crippen LogP contribution in [0.25, 0.3) is 0 Å². The Balaban J connectivity index is 2.48. The average molecular weight is 290 g/mol. The van der Waals surface area contributed by atoms with Crippen LogP contribution in [-0.4, -0.2) is 11.1 Å². The summed E-state index contributed by atoms with van der Waals surface area (Å²) in [6, 6.07) is 7.09. The summed E-state index contributed by atoms with van der Waals surface area (Å²) < 4.78 is 32.1. The average Bonchev–Trinajstić information content (AvgIpc) is 2.44. The number of nitrogens with zero attached hydrogens (tertiary/aromatic N) is 1. The van der Waals surface area contributed by atoms with Gasteiger partial charge in [-0.15, -0.1) is 0 Å². The second kappa shape index (κ2) is 5.46. The molecule has 0 aliphatic carbocycles. The molecule has 7 heteroatoms. The van der Waals surface area contributed by atoms with Crippen LogP contribution in [0.2, 0.25) is 0 Å². The van der Waals surface area contributed by atoms with Crippen molar-refractivity contribution < 1.29 is 23.4 Å². The van der Waals surface area contributed by atoms with Gasteiger partial charge in [-0.1, -0.05) is 0 Å². The van der Waals surface area contributed by atoms with E-state index in [2.05, 4.69) is 0 Å². The monoisotopic (exact) mass is 290 g/mol. The molecule has 0 saturated heterocycles. The summed E-state index contributed by atoms with van der Waals surface area (Å²) in [5.74, 6) is -3.88. The number of carboxylic acid groups (broad SMARTS) is 1. The van der Waals surface area contributed by atoms with Gasteiger partial charge in [0.2, 0.25) is 0 Å². The summed E-state index contributed by atoms with van der Waals surface area (Å²) in [5, 5.41) is 17.7. The summed E-state index contributed by atoms with van der Waals surface area (Å²) in [4.78, 5) is 11.1. The predicted molar refractivity (Wildman–Crippen MR) is 69.0 cm³/mol.